The molecule has 164 valence electrons. The Morgan fingerprint density at radius 2 is 1.94 bits per heavy atom. The Bertz CT molecular complexity index is 934. The van der Waals surface area contributed by atoms with Gasteiger partial charge in [0.15, 0.2) is 0 Å². The molecule has 9 nitrogen and oxygen atoms in total. The zero-order chi connectivity index (χ0) is 22.2. The third-order valence-corrected chi connectivity index (χ3v) is 6.31. The first kappa shape index (κ1) is 22.8. The number of benzene rings is 1. The molecule has 2 atom stereocenters. The number of rotatable bonds is 9. The smallest absolute Gasteiger partial charge is 0.248 e. The SMILES string of the molecule is NC(=O)c1ccc(NC(=O)CSC2NC(=O)CC(CC(=O)NCc3cccs3)N2)cc1. The Morgan fingerprint density at radius 3 is 2.61 bits per heavy atom. The monoisotopic (exact) mass is 461 g/mol. The Kier molecular flexibility index (Phi) is 8.04. The van der Waals surface area contributed by atoms with Crippen molar-refractivity contribution in [2.75, 3.05) is 11.1 Å². The number of nitrogens with two attached hydrogens (primary N) is 1. The first-order chi connectivity index (χ1) is 14.9. The van der Waals surface area contributed by atoms with Crippen molar-refractivity contribution in [2.45, 2.75) is 30.9 Å². The fourth-order valence-corrected chi connectivity index (χ4v) is 4.47. The van der Waals surface area contributed by atoms with Crippen LogP contribution in [0.5, 0.6) is 0 Å². The standard InChI is InChI=1S/C20H23N5O4S2/c21-19(29)12-3-5-13(6-4-12)23-18(28)11-31-20-24-14(9-17(27)25-20)8-16(26)22-10-15-2-1-7-30-15/h1-7,14,20,24H,8-11H2,(H2,21,29)(H,22,26)(H,23,28)(H,25,27). The second kappa shape index (κ2) is 10.9. The number of hydrogen-bond acceptors (Lipinski definition) is 7. The van der Waals surface area contributed by atoms with Crippen LogP contribution in [0.1, 0.15) is 28.1 Å². The maximum absolute atomic E-state index is 12.2. The Labute approximate surface area is 187 Å². The summed E-state index contributed by atoms with van der Waals surface area (Å²) in [5.74, 6) is -1.02. The van der Waals surface area contributed by atoms with E-state index in [2.05, 4.69) is 21.3 Å². The lowest BCUT2D eigenvalue weighted by Gasteiger charge is -2.30. The van der Waals surface area contributed by atoms with E-state index in [4.69, 9.17) is 5.73 Å². The number of amides is 4. The highest BCUT2D eigenvalue weighted by atomic mass is 32.2. The number of primary amides is 1. The Morgan fingerprint density at radius 1 is 1.16 bits per heavy atom. The van der Waals surface area contributed by atoms with Gasteiger partial charge in [0.05, 0.1) is 12.3 Å². The van der Waals surface area contributed by atoms with Crippen LogP contribution in [0.2, 0.25) is 0 Å². The van der Waals surface area contributed by atoms with Crippen LogP contribution in [-0.4, -0.2) is 40.9 Å². The lowest BCUT2D eigenvalue weighted by atomic mass is 10.1. The highest BCUT2D eigenvalue weighted by molar-refractivity contribution is 8.00. The lowest BCUT2D eigenvalue weighted by Crippen LogP contribution is -2.56. The number of hydrogen-bond donors (Lipinski definition) is 5. The molecule has 6 N–H and O–H groups in total. The average Bonchev–Trinajstić information content (AvgIpc) is 3.24. The fourth-order valence-electron chi connectivity index (χ4n) is 2.93. The molecule has 1 aromatic carbocycles. The Hall–Kier alpha value is -2.89. The minimum atomic E-state index is -0.540. The summed E-state index contributed by atoms with van der Waals surface area (Å²) in [6.45, 7) is 0.466. The minimum Gasteiger partial charge on any atom is -0.366 e. The second-order valence-corrected chi connectivity index (χ2v) is 9.00. The van der Waals surface area contributed by atoms with E-state index >= 15 is 0 Å². The molecule has 0 spiro atoms. The number of carbonyl (C=O) groups is 4. The van der Waals surface area contributed by atoms with E-state index in [0.717, 1.165) is 4.88 Å². The summed E-state index contributed by atoms with van der Waals surface area (Å²) in [5.41, 5.74) is 5.61. The van der Waals surface area contributed by atoms with Crippen LogP contribution < -0.4 is 27.0 Å². The van der Waals surface area contributed by atoms with E-state index in [1.807, 2.05) is 17.5 Å². The van der Waals surface area contributed by atoms with Gasteiger partial charge in [0.2, 0.25) is 23.6 Å². The van der Waals surface area contributed by atoms with Gasteiger partial charge < -0.3 is 21.7 Å². The second-order valence-electron chi connectivity index (χ2n) is 6.88. The molecule has 1 aliphatic rings. The van der Waals surface area contributed by atoms with Crippen molar-refractivity contribution in [1.82, 2.24) is 16.0 Å². The van der Waals surface area contributed by atoms with Crippen LogP contribution in [0, 0.1) is 0 Å². The van der Waals surface area contributed by atoms with Crippen LogP contribution in [-0.2, 0) is 20.9 Å². The molecule has 0 bridgehead atoms. The minimum absolute atomic E-state index is 0.0901. The van der Waals surface area contributed by atoms with Gasteiger partial charge in [-0.25, -0.2) is 0 Å². The molecule has 0 radical (unpaired) electrons. The van der Waals surface area contributed by atoms with E-state index < -0.39 is 11.4 Å². The van der Waals surface area contributed by atoms with Gasteiger partial charge >= 0.3 is 0 Å². The van der Waals surface area contributed by atoms with Gasteiger partial charge in [0.1, 0.15) is 5.50 Å². The first-order valence-electron chi connectivity index (χ1n) is 9.55. The third-order valence-electron chi connectivity index (χ3n) is 4.42. The van der Waals surface area contributed by atoms with E-state index in [0.29, 0.717) is 17.8 Å². The summed E-state index contributed by atoms with van der Waals surface area (Å²) in [7, 11) is 0. The van der Waals surface area contributed by atoms with Crippen molar-refractivity contribution in [1.29, 1.82) is 0 Å². The van der Waals surface area contributed by atoms with E-state index in [1.54, 1.807) is 23.5 Å². The maximum atomic E-state index is 12.2. The van der Waals surface area contributed by atoms with Crippen LogP contribution in [0.3, 0.4) is 0 Å². The molecule has 1 saturated heterocycles. The highest BCUT2D eigenvalue weighted by Crippen LogP contribution is 2.16. The van der Waals surface area contributed by atoms with Gasteiger partial charge in [-0.3, -0.25) is 24.5 Å². The predicted octanol–water partition coefficient (Wildman–Crippen LogP) is 0.987. The summed E-state index contributed by atoms with van der Waals surface area (Å²) in [6, 6.07) is 9.81. The molecule has 1 aromatic heterocycles. The van der Waals surface area contributed by atoms with Crippen molar-refractivity contribution >= 4 is 52.4 Å². The largest absolute Gasteiger partial charge is 0.366 e. The number of carbonyl (C=O) groups excluding carboxylic acids is 4. The Balaban J connectivity index is 1.42. The molecule has 2 unspecified atom stereocenters. The van der Waals surface area contributed by atoms with Crippen molar-refractivity contribution in [3.8, 4) is 0 Å². The molecule has 2 heterocycles. The summed E-state index contributed by atoms with van der Waals surface area (Å²) in [4.78, 5) is 48.5. The van der Waals surface area contributed by atoms with Crippen LogP contribution in [0.4, 0.5) is 5.69 Å². The van der Waals surface area contributed by atoms with Crippen molar-refractivity contribution in [3.05, 3.63) is 52.2 Å². The lowest BCUT2D eigenvalue weighted by molar-refractivity contribution is -0.125. The molecule has 0 aliphatic carbocycles. The molecular formula is C20H23N5O4S2. The molecule has 2 aromatic rings. The normalized spacial score (nSPS) is 18.1. The highest BCUT2D eigenvalue weighted by Gasteiger charge is 2.28. The zero-order valence-electron chi connectivity index (χ0n) is 16.6. The van der Waals surface area contributed by atoms with E-state index in [-0.39, 0.29) is 42.4 Å². The van der Waals surface area contributed by atoms with Gasteiger partial charge in [-0.05, 0) is 35.7 Å². The first-order valence-corrected chi connectivity index (χ1v) is 11.5. The van der Waals surface area contributed by atoms with Crippen molar-refractivity contribution < 1.29 is 19.2 Å². The summed E-state index contributed by atoms with van der Waals surface area (Å²) >= 11 is 2.79. The van der Waals surface area contributed by atoms with Crippen LogP contribution in [0.25, 0.3) is 0 Å². The molecule has 4 amide bonds. The number of nitrogens with one attached hydrogen (secondary N) is 4. The van der Waals surface area contributed by atoms with Gasteiger partial charge in [0, 0.05) is 35.0 Å². The molecule has 0 saturated carbocycles. The number of thioether (sulfide) groups is 1. The maximum Gasteiger partial charge on any atom is 0.248 e. The number of thiophene rings is 1. The van der Waals surface area contributed by atoms with Gasteiger partial charge in [-0.1, -0.05) is 6.07 Å². The molecule has 1 aliphatic heterocycles. The van der Waals surface area contributed by atoms with E-state index in [9.17, 15) is 19.2 Å². The molecule has 31 heavy (non-hydrogen) atoms. The molecule has 3 rings (SSSR count). The third kappa shape index (κ3) is 7.39. The summed E-state index contributed by atoms with van der Waals surface area (Å²) < 4.78 is 0. The van der Waals surface area contributed by atoms with E-state index in [1.165, 1.54) is 23.9 Å². The van der Waals surface area contributed by atoms with Gasteiger partial charge in [-0.15, -0.1) is 23.1 Å². The number of anilines is 1. The molecule has 11 heteroatoms. The topological polar surface area (TPSA) is 142 Å². The molecule has 1 fully saturated rings. The quantitative estimate of drug-likeness (QED) is 0.377. The van der Waals surface area contributed by atoms with Gasteiger partial charge in [-0.2, -0.15) is 0 Å². The predicted molar refractivity (Wildman–Crippen MR) is 120 cm³/mol. The molecular weight excluding hydrogens is 438 g/mol. The van der Waals surface area contributed by atoms with Gasteiger partial charge in [0.25, 0.3) is 0 Å². The average molecular weight is 462 g/mol. The summed E-state index contributed by atoms with van der Waals surface area (Å²) in [5, 5.41) is 13.5. The fraction of sp³-hybridized carbons (Fsp3) is 0.300. The van der Waals surface area contributed by atoms with Crippen molar-refractivity contribution in [2.24, 2.45) is 5.73 Å². The van der Waals surface area contributed by atoms with Crippen molar-refractivity contribution in [3.63, 3.8) is 0 Å². The zero-order valence-corrected chi connectivity index (χ0v) is 18.2. The summed E-state index contributed by atoms with van der Waals surface area (Å²) in [6.07, 6.45) is 0.371. The van der Waals surface area contributed by atoms with Crippen LogP contribution in [0.15, 0.2) is 41.8 Å². The van der Waals surface area contributed by atoms with Crippen LogP contribution >= 0.6 is 23.1 Å².